The van der Waals surface area contributed by atoms with Crippen molar-refractivity contribution in [1.82, 2.24) is 0 Å². The van der Waals surface area contributed by atoms with Crippen molar-refractivity contribution in [1.29, 1.82) is 0 Å². The molecule has 0 spiro atoms. The van der Waals surface area contributed by atoms with E-state index in [9.17, 15) is 4.79 Å². The van der Waals surface area contributed by atoms with Gasteiger partial charge >= 0.3 is 0 Å². The number of para-hydroxylation sites is 2. The van der Waals surface area contributed by atoms with Crippen molar-refractivity contribution in [3.63, 3.8) is 0 Å². The summed E-state index contributed by atoms with van der Waals surface area (Å²) in [7, 11) is 1.56. The van der Waals surface area contributed by atoms with Crippen LogP contribution in [0.3, 0.4) is 0 Å². The van der Waals surface area contributed by atoms with Crippen LogP contribution in [0.4, 0.5) is 11.4 Å². The van der Waals surface area contributed by atoms with E-state index in [4.69, 9.17) is 9.47 Å². The number of anilines is 1. The first kappa shape index (κ1) is 20.6. The molecule has 29 heavy (non-hydrogen) atoms. The highest BCUT2D eigenvalue weighted by Crippen LogP contribution is 2.36. The third-order valence-electron chi connectivity index (χ3n) is 4.13. The number of carbonyl (C=O) groups excluding carboxylic acids is 1. The molecule has 0 aliphatic heterocycles. The summed E-state index contributed by atoms with van der Waals surface area (Å²) in [5.41, 5.74) is 3.56. The topological polar surface area (TPSA) is 59.9 Å². The fourth-order valence-electron chi connectivity index (χ4n) is 2.66. The molecule has 1 amide bonds. The Morgan fingerprint density at radius 3 is 2.55 bits per heavy atom. The predicted octanol–water partition coefficient (Wildman–Crippen LogP) is 5.53. The number of nitrogens with zero attached hydrogens (tertiary/aromatic N) is 1. The number of ether oxygens (including phenoxy) is 2. The highest BCUT2D eigenvalue weighted by Gasteiger charge is 2.13. The van der Waals surface area contributed by atoms with E-state index in [0.29, 0.717) is 16.0 Å². The summed E-state index contributed by atoms with van der Waals surface area (Å²) in [5.74, 6) is 0.720. The summed E-state index contributed by atoms with van der Waals surface area (Å²) < 4.78 is 11.8. The summed E-state index contributed by atoms with van der Waals surface area (Å²) in [6.07, 6.45) is 1.77. The Morgan fingerprint density at radius 2 is 1.83 bits per heavy atom. The van der Waals surface area contributed by atoms with Gasteiger partial charge in [0.1, 0.15) is 0 Å². The van der Waals surface area contributed by atoms with Crippen LogP contribution >= 0.6 is 15.9 Å². The van der Waals surface area contributed by atoms with E-state index in [0.717, 1.165) is 22.5 Å². The lowest BCUT2D eigenvalue weighted by Crippen LogP contribution is -2.20. The molecule has 0 radical (unpaired) electrons. The Hall–Kier alpha value is -3.12. The van der Waals surface area contributed by atoms with E-state index in [1.54, 1.807) is 13.3 Å². The second-order valence-electron chi connectivity index (χ2n) is 6.28. The number of halogens is 1. The maximum atomic E-state index is 12.1. The first-order valence-electron chi connectivity index (χ1n) is 9.02. The molecule has 1 N–H and O–H groups in total. The molecule has 6 heteroatoms. The number of methoxy groups -OCH3 is 1. The number of aryl methyl sites for hydroxylation is 1. The molecule has 0 saturated carbocycles. The van der Waals surface area contributed by atoms with E-state index >= 15 is 0 Å². The molecule has 0 heterocycles. The van der Waals surface area contributed by atoms with Gasteiger partial charge in [0.05, 0.1) is 17.3 Å². The summed E-state index contributed by atoms with van der Waals surface area (Å²) in [6.45, 7) is 1.88. The largest absolute Gasteiger partial charge is 0.493 e. The van der Waals surface area contributed by atoms with Gasteiger partial charge < -0.3 is 14.8 Å². The van der Waals surface area contributed by atoms with Crippen LogP contribution in [0.25, 0.3) is 0 Å². The monoisotopic (exact) mass is 452 g/mol. The zero-order valence-electron chi connectivity index (χ0n) is 16.2. The maximum Gasteiger partial charge on any atom is 0.262 e. The van der Waals surface area contributed by atoms with E-state index in [2.05, 4.69) is 26.2 Å². The SMILES string of the molecule is COc1cc(C=Nc2ccccc2C)cc(Br)c1OCC(=O)Nc1ccccc1. The minimum Gasteiger partial charge on any atom is -0.493 e. The molecule has 3 aromatic carbocycles. The van der Waals surface area contributed by atoms with Gasteiger partial charge in [-0.2, -0.15) is 0 Å². The smallest absolute Gasteiger partial charge is 0.262 e. The van der Waals surface area contributed by atoms with Crippen LogP contribution in [0.1, 0.15) is 11.1 Å². The number of hydrogen-bond donors (Lipinski definition) is 1. The molecule has 0 aliphatic rings. The fourth-order valence-corrected chi connectivity index (χ4v) is 3.24. The maximum absolute atomic E-state index is 12.1. The molecular weight excluding hydrogens is 432 g/mol. The van der Waals surface area contributed by atoms with Crippen LogP contribution in [0, 0.1) is 6.92 Å². The molecule has 0 saturated heterocycles. The van der Waals surface area contributed by atoms with Crippen molar-refractivity contribution in [3.05, 3.63) is 82.3 Å². The first-order valence-corrected chi connectivity index (χ1v) is 9.81. The molecule has 3 aromatic rings. The number of hydrogen-bond acceptors (Lipinski definition) is 4. The minimum atomic E-state index is -0.254. The lowest BCUT2D eigenvalue weighted by molar-refractivity contribution is -0.118. The van der Waals surface area contributed by atoms with Gasteiger partial charge in [0.25, 0.3) is 5.91 Å². The van der Waals surface area contributed by atoms with Gasteiger partial charge in [-0.05, 0) is 64.3 Å². The summed E-state index contributed by atoms with van der Waals surface area (Å²) in [4.78, 5) is 16.7. The standard InChI is InChI=1S/C23H21BrN2O3/c1-16-8-6-7-11-20(16)25-14-17-12-19(24)23(21(13-17)28-2)29-15-22(27)26-18-9-4-3-5-10-18/h3-14H,15H2,1-2H3,(H,26,27). The lowest BCUT2D eigenvalue weighted by atomic mass is 10.2. The first-order chi connectivity index (χ1) is 14.1. The van der Waals surface area contributed by atoms with Crippen LogP contribution < -0.4 is 14.8 Å². The quantitative estimate of drug-likeness (QED) is 0.479. The Balaban J connectivity index is 1.71. The molecule has 3 rings (SSSR count). The molecule has 0 atom stereocenters. The average molecular weight is 453 g/mol. The second kappa shape index (κ2) is 9.89. The predicted molar refractivity (Wildman–Crippen MR) is 120 cm³/mol. The van der Waals surface area contributed by atoms with Crippen molar-refractivity contribution in [2.75, 3.05) is 19.0 Å². The average Bonchev–Trinajstić information content (AvgIpc) is 2.72. The Morgan fingerprint density at radius 1 is 1.10 bits per heavy atom. The van der Waals surface area contributed by atoms with E-state index in [1.165, 1.54) is 0 Å². The number of nitrogens with one attached hydrogen (secondary N) is 1. The van der Waals surface area contributed by atoms with Gasteiger partial charge in [0, 0.05) is 11.9 Å². The van der Waals surface area contributed by atoms with Gasteiger partial charge in [0.15, 0.2) is 18.1 Å². The van der Waals surface area contributed by atoms with Crippen LogP contribution in [0.2, 0.25) is 0 Å². The lowest BCUT2D eigenvalue weighted by Gasteiger charge is -2.13. The summed E-state index contributed by atoms with van der Waals surface area (Å²) >= 11 is 3.50. The number of rotatable bonds is 7. The van der Waals surface area contributed by atoms with Crippen molar-refractivity contribution in [2.24, 2.45) is 4.99 Å². The molecule has 5 nitrogen and oxygen atoms in total. The normalized spacial score (nSPS) is 10.7. The van der Waals surface area contributed by atoms with Crippen LogP contribution in [0.5, 0.6) is 11.5 Å². The van der Waals surface area contributed by atoms with Gasteiger partial charge in [-0.15, -0.1) is 0 Å². The van der Waals surface area contributed by atoms with E-state index in [-0.39, 0.29) is 12.5 Å². The van der Waals surface area contributed by atoms with Crippen molar-refractivity contribution in [3.8, 4) is 11.5 Å². The van der Waals surface area contributed by atoms with E-state index in [1.807, 2.05) is 73.7 Å². The second-order valence-corrected chi connectivity index (χ2v) is 7.14. The Bertz CT molecular complexity index is 1020. The fraction of sp³-hybridized carbons (Fsp3) is 0.130. The van der Waals surface area contributed by atoms with Crippen molar-refractivity contribution in [2.45, 2.75) is 6.92 Å². The molecule has 0 bridgehead atoms. The van der Waals surface area contributed by atoms with E-state index < -0.39 is 0 Å². The van der Waals surface area contributed by atoms with Crippen LogP contribution in [-0.2, 0) is 4.79 Å². The molecule has 148 valence electrons. The molecule has 0 unspecified atom stereocenters. The van der Waals surface area contributed by atoms with Crippen LogP contribution in [0.15, 0.2) is 76.2 Å². The third-order valence-corrected chi connectivity index (χ3v) is 4.71. The molecule has 0 aliphatic carbocycles. The molecule has 0 aromatic heterocycles. The van der Waals surface area contributed by atoms with Gasteiger partial charge in [-0.3, -0.25) is 9.79 Å². The van der Waals surface area contributed by atoms with Crippen LogP contribution in [-0.4, -0.2) is 25.8 Å². The Labute approximate surface area is 178 Å². The van der Waals surface area contributed by atoms with Gasteiger partial charge in [-0.1, -0.05) is 36.4 Å². The number of amides is 1. The number of carbonyl (C=O) groups is 1. The van der Waals surface area contributed by atoms with Gasteiger partial charge in [0.2, 0.25) is 0 Å². The zero-order chi connectivity index (χ0) is 20.6. The van der Waals surface area contributed by atoms with Gasteiger partial charge in [-0.25, -0.2) is 0 Å². The highest BCUT2D eigenvalue weighted by molar-refractivity contribution is 9.10. The highest BCUT2D eigenvalue weighted by atomic mass is 79.9. The number of aliphatic imine (C=N–C) groups is 1. The Kier molecular flexibility index (Phi) is 7.03. The minimum absolute atomic E-state index is 0.138. The summed E-state index contributed by atoms with van der Waals surface area (Å²) in [6, 6.07) is 20.8. The zero-order valence-corrected chi connectivity index (χ0v) is 17.8. The molecular formula is C23H21BrN2O3. The summed E-state index contributed by atoms with van der Waals surface area (Å²) in [5, 5.41) is 2.78. The number of benzene rings is 3. The third kappa shape index (κ3) is 5.68. The van der Waals surface area contributed by atoms with Crippen molar-refractivity contribution < 1.29 is 14.3 Å². The molecule has 0 fully saturated rings. The van der Waals surface area contributed by atoms with Crippen molar-refractivity contribution >= 4 is 39.4 Å².